The van der Waals surface area contributed by atoms with Gasteiger partial charge in [0.05, 0.1) is 0 Å². The van der Waals surface area contributed by atoms with E-state index in [0.717, 1.165) is 19.3 Å². The van der Waals surface area contributed by atoms with Crippen molar-refractivity contribution in [1.82, 2.24) is 0 Å². The first-order valence-electron chi connectivity index (χ1n) is 8.20. The van der Waals surface area contributed by atoms with Crippen LogP contribution in [0, 0.1) is 5.92 Å². The maximum Gasteiger partial charge on any atom is 0.329 e. The SMILES string of the molecule is CCCCCCCCCC=CC(=O)C1C(=O)C=C(C)OC1=O. The van der Waals surface area contributed by atoms with Gasteiger partial charge >= 0.3 is 5.97 Å². The van der Waals surface area contributed by atoms with Crippen LogP contribution in [0.1, 0.15) is 65.2 Å². The third-order valence-electron chi connectivity index (χ3n) is 3.67. The van der Waals surface area contributed by atoms with E-state index in [0.29, 0.717) is 0 Å². The van der Waals surface area contributed by atoms with Gasteiger partial charge in [-0.2, -0.15) is 0 Å². The van der Waals surface area contributed by atoms with Crippen LogP contribution in [0.2, 0.25) is 0 Å². The Labute approximate surface area is 132 Å². The van der Waals surface area contributed by atoms with Gasteiger partial charge in [-0.1, -0.05) is 51.5 Å². The monoisotopic (exact) mass is 306 g/mol. The van der Waals surface area contributed by atoms with E-state index in [1.807, 2.05) is 0 Å². The molecule has 122 valence electrons. The van der Waals surface area contributed by atoms with E-state index in [4.69, 9.17) is 4.74 Å². The predicted octanol–water partition coefficient (Wildman–Crippen LogP) is 3.90. The molecular weight excluding hydrogens is 280 g/mol. The van der Waals surface area contributed by atoms with Crippen LogP contribution in [0.15, 0.2) is 24.0 Å². The number of hydrogen-bond donors (Lipinski definition) is 0. The number of carbonyl (C=O) groups is 3. The lowest BCUT2D eigenvalue weighted by molar-refractivity contribution is -0.151. The molecule has 0 radical (unpaired) electrons. The highest BCUT2D eigenvalue weighted by Gasteiger charge is 2.36. The van der Waals surface area contributed by atoms with Crippen LogP contribution >= 0.6 is 0 Å². The third kappa shape index (κ3) is 6.37. The standard InChI is InChI=1S/C18H26O4/c1-3-4-5-6-7-8-9-10-11-12-15(19)17-16(20)13-14(2)22-18(17)21/h11-13,17H,3-10H2,1-2H3. The average molecular weight is 306 g/mol. The van der Waals surface area contributed by atoms with Crippen molar-refractivity contribution in [2.45, 2.75) is 65.2 Å². The Balaban J connectivity index is 2.24. The summed E-state index contributed by atoms with van der Waals surface area (Å²) in [6.07, 6.45) is 13.6. The van der Waals surface area contributed by atoms with Crippen molar-refractivity contribution in [2.24, 2.45) is 5.92 Å². The van der Waals surface area contributed by atoms with E-state index in [9.17, 15) is 14.4 Å². The summed E-state index contributed by atoms with van der Waals surface area (Å²) in [5, 5.41) is 0. The zero-order valence-corrected chi connectivity index (χ0v) is 13.6. The van der Waals surface area contributed by atoms with Gasteiger partial charge in [0.2, 0.25) is 0 Å². The van der Waals surface area contributed by atoms with Gasteiger partial charge < -0.3 is 4.74 Å². The van der Waals surface area contributed by atoms with E-state index in [1.165, 1.54) is 51.2 Å². The van der Waals surface area contributed by atoms with E-state index < -0.39 is 23.5 Å². The summed E-state index contributed by atoms with van der Waals surface area (Å²) in [6, 6.07) is 0. The Morgan fingerprint density at radius 1 is 1.14 bits per heavy atom. The normalized spacial score (nSPS) is 18.5. The van der Waals surface area contributed by atoms with E-state index >= 15 is 0 Å². The Kier molecular flexibility index (Phi) is 8.41. The zero-order chi connectivity index (χ0) is 16.4. The van der Waals surface area contributed by atoms with Gasteiger partial charge in [-0.15, -0.1) is 0 Å². The highest BCUT2D eigenvalue weighted by molar-refractivity contribution is 6.24. The number of unbranched alkanes of at least 4 members (excludes halogenated alkanes) is 7. The summed E-state index contributed by atoms with van der Waals surface area (Å²) in [4.78, 5) is 35.2. The van der Waals surface area contributed by atoms with Crippen LogP contribution in [0.4, 0.5) is 0 Å². The Morgan fingerprint density at radius 2 is 1.77 bits per heavy atom. The molecule has 1 atom stereocenters. The smallest absolute Gasteiger partial charge is 0.329 e. The van der Waals surface area contributed by atoms with Gasteiger partial charge in [0, 0.05) is 6.08 Å². The lowest BCUT2D eigenvalue weighted by Crippen LogP contribution is -2.34. The van der Waals surface area contributed by atoms with Gasteiger partial charge in [-0.3, -0.25) is 14.4 Å². The second kappa shape index (κ2) is 10.1. The summed E-state index contributed by atoms with van der Waals surface area (Å²) in [7, 11) is 0. The second-order valence-electron chi connectivity index (χ2n) is 5.73. The van der Waals surface area contributed by atoms with Crippen molar-refractivity contribution in [3.8, 4) is 0 Å². The van der Waals surface area contributed by atoms with Crippen LogP contribution in [-0.2, 0) is 19.1 Å². The largest absolute Gasteiger partial charge is 0.430 e. The highest BCUT2D eigenvalue weighted by atomic mass is 16.5. The molecule has 0 amide bonds. The van der Waals surface area contributed by atoms with Crippen molar-refractivity contribution >= 4 is 17.5 Å². The fraction of sp³-hybridized carbons (Fsp3) is 0.611. The molecule has 0 spiro atoms. The number of allylic oxidation sites excluding steroid dienone is 4. The van der Waals surface area contributed by atoms with E-state index in [2.05, 4.69) is 6.92 Å². The number of cyclic esters (lactones) is 1. The molecule has 0 saturated carbocycles. The van der Waals surface area contributed by atoms with Crippen molar-refractivity contribution in [1.29, 1.82) is 0 Å². The maximum absolute atomic E-state index is 11.9. The molecule has 1 unspecified atom stereocenters. The molecule has 0 fully saturated rings. The van der Waals surface area contributed by atoms with E-state index in [1.54, 1.807) is 6.08 Å². The number of ether oxygens (including phenoxy) is 1. The summed E-state index contributed by atoms with van der Waals surface area (Å²) in [5.41, 5.74) is 0. The second-order valence-corrected chi connectivity index (χ2v) is 5.73. The molecule has 0 saturated heterocycles. The molecule has 0 aromatic carbocycles. The Morgan fingerprint density at radius 3 is 2.41 bits per heavy atom. The third-order valence-corrected chi connectivity index (χ3v) is 3.67. The molecule has 1 aliphatic heterocycles. The molecule has 4 heteroatoms. The number of rotatable bonds is 10. The fourth-order valence-corrected chi connectivity index (χ4v) is 2.42. The van der Waals surface area contributed by atoms with Crippen molar-refractivity contribution < 1.29 is 19.1 Å². The molecule has 0 aliphatic carbocycles. The summed E-state index contributed by atoms with van der Waals surface area (Å²) in [6.45, 7) is 3.72. The van der Waals surface area contributed by atoms with Crippen molar-refractivity contribution in [2.75, 3.05) is 0 Å². The summed E-state index contributed by atoms with van der Waals surface area (Å²) < 4.78 is 4.83. The Bertz CT molecular complexity index is 460. The molecule has 0 aromatic rings. The number of ketones is 2. The topological polar surface area (TPSA) is 60.4 Å². The molecular formula is C18H26O4. The minimum absolute atomic E-state index is 0.242. The summed E-state index contributed by atoms with van der Waals surface area (Å²) >= 11 is 0. The number of esters is 1. The van der Waals surface area contributed by atoms with E-state index in [-0.39, 0.29) is 5.76 Å². The summed E-state index contributed by atoms with van der Waals surface area (Å²) in [5.74, 6) is -2.81. The molecule has 0 N–H and O–H groups in total. The van der Waals surface area contributed by atoms with Gasteiger partial charge in [-0.05, 0) is 25.8 Å². The molecule has 0 aromatic heterocycles. The maximum atomic E-state index is 11.9. The van der Waals surface area contributed by atoms with Crippen molar-refractivity contribution in [3.05, 3.63) is 24.0 Å². The van der Waals surface area contributed by atoms with Crippen LogP contribution in [0.25, 0.3) is 0 Å². The van der Waals surface area contributed by atoms with Crippen LogP contribution in [0.3, 0.4) is 0 Å². The first-order chi connectivity index (χ1) is 10.6. The van der Waals surface area contributed by atoms with Gasteiger partial charge in [0.15, 0.2) is 17.5 Å². The average Bonchev–Trinajstić information content (AvgIpc) is 2.44. The lowest BCUT2D eigenvalue weighted by Gasteiger charge is -2.15. The van der Waals surface area contributed by atoms with Gasteiger partial charge in [-0.25, -0.2) is 0 Å². The lowest BCUT2D eigenvalue weighted by atomic mass is 9.96. The molecule has 1 aliphatic rings. The van der Waals surface area contributed by atoms with Crippen LogP contribution < -0.4 is 0 Å². The molecule has 4 nitrogen and oxygen atoms in total. The Hall–Kier alpha value is -1.71. The number of hydrogen-bond acceptors (Lipinski definition) is 4. The quantitative estimate of drug-likeness (QED) is 0.266. The molecule has 1 heterocycles. The van der Waals surface area contributed by atoms with Crippen LogP contribution in [-0.4, -0.2) is 17.5 Å². The van der Waals surface area contributed by atoms with Gasteiger partial charge in [0.25, 0.3) is 0 Å². The number of carbonyl (C=O) groups excluding carboxylic acids is 3. The first-order valence-corrected chi connectivity index (χ1v) is 8.20. The molecule has 1 rings (SSSR count). The first kappa shape index (κ1) is 18.3. The minimum Gasteiger partial charge on any atom is -0.430 e. The minimum atomic E-state index is -1.31. The fourth-order valence-electron chi connectivity index (χ4n) is 2.42. The zero-order valence-electron chi connectivity index (χ0n) is 13.6. The van der Waals surface area contributed by atoms with Crippen LogP contribution in [0.5, 0.6) is 0 Å². The molecule has 0 bridgehead atoms. The molecule has 22 heavy (non-hydrogen) atoms. The predicted molar refractivity (Wildman–Crippen MR) is 85.1 cm³/mol. The van der Waals surface area contributed by atoms with Crippen molar-refractivity contribution in [3.63, 3.8) is 0 Å². The highest BCUT2D eigenvalue weighted by Crippen LogP contribution is 2.16. The van der Waals surface area contributed by atoms with Gasteiger partial charge in [0.1, 0.15) is 5.76 Å².